The van der Waals surface area contributed by atoms with E-state index in [0.717, 1.165) is 101 Å². The minimum Gasteiger partial charge on any atom is -0.0817 e. The summed E-state index contributed by atoms with van der Waals surface area (Å²) >= 11 is 0. The van der Waals surface area contributed by atoms with Crippen LogP contribution in [0.5, 0.6) is 0 Å². The molecule has 0 heterocycles. The highest BCUT2D eigenvalue weighted by atomic mass is 14.6. The number of rotatable bonds is 8. The van der Waals surface area contributed by atoms with E-state index in [2.05, 4.69) is 6.08 Å². The molecule has 0 spiro atoms. The predicted molar refractivity (Wildman–Crippen MR) is 247 cm³/mol. The Morgan fingerprint density at radius 1 is 0.241 bits per heavy atom. The fourth-order valence-corrected chi connectivity index (χ4v) is 19.6. The van der Waals surface area contributed by atoms with Crippen LogP contribution in [0.15, 0.2) is 11.6 Å². The van der Waals surface area contributed by atoms with Gasteiger partial charge in [0.1, 0.15) is 0 Å². The number of fused-ring (bicyclic) bond motifs is 2. The summed E-state index contributed by atoms with van der Waals surface area (Å²) in [7, 11) is 0. The van der Waals surface area contributed by atoms with E-state index in [9.17, 15) is 0 Å². The molecular weight excluding hydrogens is 697 g/mol. The first-order valence-electron chi connectivity index (χ1n) is 28.5. The van der Waals surface area contributed by atoms with Crippen LogP contribution in [0.4, 0.5) is 0 Å². The largest absolute Gasteiger partial charge is 0.0817 e. The Bertz CT molecular complexity index is 1210. The van der Waals surface area contributed by atoms with Gasteiger partial charge in [-0.3, -0.25) is 0 Å². The van der Waals surface area contributed by atoms with Gasteiger partial charge in [0.05, 0.1) is 0 Å². The molecule has 58 heavy (non-hydrogen) atoms. The summed E-state index contributed by atoms with van der Waals surface area (Å²) in [5.74, 6) is 18.3. The first-order valence-corrected chi connectivity index (χ1v) is 28.5. The van der Waals surface area contributed by atoms with E-state index >= 15 is 0 Å². The van der Waals surface area contributed by atoms with E-state index in [1.807, 2.05) is 5.57 Å². The summed E-state index contributed by atoms with van der Waals surface area (Å²) in [5, 5.41) is 0. The van der Waals surface area contributed by atoms with Crippen molar-refractivity contribution in [3.63, 3.8) is 0 Å². The number of allylic oxidation sites excluding steroid dienone is 2. The van der Waals surface area contributed by atoms with Gasteiger partial charge in [0.2, 0.25) is 0 Å². The standard InChI is InChI=1S/C58H96/c1-5-17-42(18-6-1)44-33-35-45(36-34-44)50-38-49(43-19-7-2-8-20-43)39-51(40-50)58-54-27-15-13-25-52(54)57(53-26-14-16-28-55(53)58)48-31-29-41(30-32-48)37-56(46-21-9-3-10-22-46)47-23-11-4-12-24-47/h37,41-55,57-58H,1-36,38-40H2. The Balaban J connectivity index is 0.859. The Morgan fingerprint density at radius 2 is 0.552 bits per heavy atom. The van der Waals surface area contributed by atoms with Crippen LogP contribution in [-0.4, -0.2) is 0 Å². The second-order valence-electron chi connectivity index (χ2n) is 24.8. The van der Waals surface area contributed by atoms with E-state index < -0.39 is 0 Å². The lowest BCUT2D eigenvalue weighted by molar-refractivity contribution is -0.122. The van der Waals surface area contributed by atoms with Crippen LogP contribution in [0, 0.1) is 101 Å². The molecule has 0 bridgehead atoms. The quantitative estimate of drug-likeness (QED) is 0.215. The zero-order chi connectivity index (χ0) is 38.7. The van der Waals surface area contributed by atoms with E-state index in [1.54, 1.807) is 180 Å². The lowest BCUT2D eigenvalue weighted by Gasteiger charge is -2.61. The summed E-state index contributed by atoms with van der Waals surface area (Å²) in [5.41, 5.74) is 2.03. The SMILES string of the molecule is C(=C(C1CCCCC1)C1CCCCC1)C1CCC(C2C3CCCCC3C(C3CC(C4CCCCC4)CC(C4CCC(C5CCCCC5)CC4)C3)C3CCCCC32)CC1. The second-order valence-corrected chi connectivity index (χ2v) is 24.8. The van der Waals surface area contributed by atoms with Crippen LogP contribution < -0.4 is 0 Å². The van der Waals surface area contributed by atoms with E-state index in [4.69, 9.17) is 0 Å². The molecule has 328 valence electrons. The van der Waals surface area contributed by atoms with Crippen molar-refractivity contribution in [1.82, 2.24) is 0 Å². The average Bonchev–Trinajstić information content (AvgIpc) is 3.31. The van der Waals surface area contributed by atoms with Gasteiger partial charge in [-0.15, -0.1) is 0 Å². The third-order valence-electron chi connectivity index (χ3n) is 22.1. The van der Waals surface area contributed by atoms with Gasteiger partial charge < -0.3 is 0 Å². The van der Waals surface area contributed by atoms with E-state index in [-0.39, 0.29) is 0 Å². The van der Waals surface area contributed by atoms with Crippen molar-refractivity contribution in [1.29, 1.82) is 0 Å². The molecule has 10 rings (SSSR count). The van der Waals surface area contributed by atoms with Gasteiger partial charge in [-0.1, -0.05) is 140 Å². The normalized spacial score (nSPS) is 44.5. The van der Waals surface area contributed by atoms with Gasteiger partial charge in [-0.2, -0.15) is 0 Å². The molecule has 7 atom stereocenters. The highest BCUT2D eigenvalue weighted by Crippen LogP contribution is 2.64. The van der Waals surface area contributed by atoms with Crippen LogP contribution in [0.1, 0.15) is 250 Å². The molecule has 0 heteroatoms. The predicted octanol–water partition coefficient (Wildman–Crippen LogP) is 17.7. The van der Waals surface area contributed by atoms with E-state index in [0.29, 0.717) is 0 Å². The van der Waals surface area contributed by atoms with Crippen LogP contribution in [0.3, 0.4) is 0 Å². The lowest BCUT2D eigenvalue weighted by atomic mass is 9.44. The first-order chi connectivity index (χ1) is 28.8. The van der Waals surface area contributed by atoms with Gasteiger partial charge in [-0.25, -0.2) is 0 Å². The van der Waals surface area contributed by atoms with E-state index in [1.165, 1.54) is 70.6 Å². The highest BCUT2D eigenvalue weighted by Gasteiger charge is 2.56. The van der Waals surface area contributed by atoms with Crippen LogP contribution in [-0.2, 0) is 0 Å². The van der Waals surface area contributed by atoms with Gasteiger partial charge in [0.15, 0.2) is 0 Å². The molecule has 0 aromatic heterocycles. The smallest absolute Gasteiger partial charge is 0.0200 e. The maximum atomic E-state index is 3.02. The van der Waals surface area contributed by atoms with Gasteiger partial charge in [0, 0.05) is 0 Å². The van der Waals surface area contributed by atoms with Crippen molar-refractivity contribution in [2.45, 2.75) is 250 Å². The molecular formula is C58H96. The fourth-order valence-electron chi connectivity index (χ4n) is 19.6. The van der Waals surface area contributed by atoms with Crippen molar-refractivity contribution < 1.29 is 0 Å². The maximum Gasteiger partial charge on any atom is -0.0200 e. The third kappa shape index (κ3) is 9.34. The summed E-state index contributed by atoms with van der Waals surface area (Å²) in [6.07, 6.45) is 64.5. The Labute approximate surface area is 361 Å². The maximum absolute atomic E-state index is 3.02. The minimum atomic E-state index is 0.921. The summed E-state index contributed by atoms with van der Waals surface area (Å²) in [4.78, 5) is 0. The minimum absolute atomic E-state index is 0.921. The lowest BCUT2D eigenvalue weighted by Crippen LogP contribution is -2.54. The molecule has 10 fully saturated rings. The molecule has 0 amide bonds. The molecule has 0 aromatic rings. The first kappa shape index (κ1) is 41.7. The fraction of sp³-hybridized carbons (Fsp3) is 0.966. The van der Waals surface area contributed by atoms with Crippen molar-refractivity contribution in [3.05, 3.63) is 11.6 Å². The molecule has 0 aliphatic heterocycles. The van der Waals surface area contributed by atoms with Crippen molar-refractivity contribution in [3.8, 4) is 0 Å². The molecule has 10 aliphatic carbocycles. The van der Waals surface area contributed by atoms with Crippen molar-refractivity contribution in [2.75, 3.05) is 0 Å². The third-order valence-corrected chi connectivity index (χ3v) is 22.1. The molecule has 10 saturated carbocycles. The molecule has 0 radical (unpaired) electrons. The van der Waals surface area contributed by atoms with Crippen molar-refractivity contribution in [2.24, 2.45) is 101 Å². The molecule has 7 unspecified atom stereocenters. The summed E-state index contributed by atoms with van der Waals surface area (Å²) in [6.45, 7) is 0. The molecule has 0 aromatic carbocycles. The monoisotopic (exact) mass is 793 g/mol. The Morgan fingerprint density at radius 3 is 1.00 bits per heavy atom. The molecule has 0 N–H and O–H groups in total. The number of hydrogen-bond acceptors (Lipinski definition) is 0. The zero-order valence-corrected chi connectivity index (χ0v) is 38.5. The average molecular weight is 793 g/mol. The number of hydrogen-bond donors (Lipinski definition) is 0. The van der Waals surface area contributed by atoms with Crippen LogP contribution in [0.2, 0.25) is 0 Å². The van der Waals surface area contributed by atoms with Crippen molar-refractivity contribution >= 4 is 0 Å². The Hall–Kier alpha value is -0.260. The Kier molecular flexibility index (Phi) is 14.4. The second kappa shape index (κ2) is 20.1. The topological polar surface area (TPSA) is 0 Å². The van der Waals surface area contributed by atoms with Gasteiger partial charge >= 0.3 is 0 Å². The summed E-state index contributed by atoms with van der Waals surface area (Å²) in [6, 6.07) is 0. The zero-order valence-electron chi connectivity index (χ0n) is 38.5. The highest BCUT2D eigenvalue weighted by molar-refractivity contribution is 5.15. The van der Waals surface area contributed by atoms with Gasteiger partial charge in [0.25, 0.3) is 0 Å². The molecule has 0 nitrogen and oxygen atoms in total. The molecule has 0 saturated heterocycles. The van der Waals surface area contributed by atoms with Crippen LogP contribution >= 0.6 is 0 Å². The summed E-state index contributed by atoms with van der Waals surface area (Å²) < 4.78 is 0. The van der Waals surface area contributed by atoms with Crippen LogP contribution in [0.25, 0.3) is 0 Å². The molecule has 10 aliphatic rings. The van der Waals surface area contributed by atoms with Gasteiger partial charge in [-0.05, 0) is 223 Å².